The molecule has 1 aromatic heterocycles. The number of hydrogen-bond acceptors (Lipinski definition) is 3. The Hall–Kier alpha value is -2.32. The first-order valence-corrected chi connectivity index (χ1v) is 8.30. The normalized spacial score (nSPS) is 11.9. The molecule has 0 aliphatic heterocycles. The molecular formula is C15H13F2N3O2S. The van der Waals surface area contributed by atoms with Crippen molar-refractivity contribution in [3.8, 4) is 0 Å². The van der Waals surface area contributed by atoms with Crippen molar-refractivity contribution in [3.63, 3.8) is 0 Å². The fraction of sp³-hybridized carbons (Fsp3) is 0.133. The molecule has 23 heavy (non-hydrogen) atoms. The lowest BCUT2D eigenvalue weighted by Gasteiger charge is -2.08. The summed E-state index contributed by atoms with van der Waals surface area (Å²) in [6.07, 6.45) is 1.61. The zero-order valence-corrected chi connectivity index (χ0v) is 12.7. The molecule has 1 heterocycles. The highest BCUT2D eigenvalue weighted by Gasteiger charge is 2.16. The molecule has 1 N–H and O–H groups in total. The van der Waals surface area contributed by atoms with Crippen LogP contribution in [0.1, 0.15) is 0 Å². The van der Waals surface area contributed by atoms with Gasteiger partial charge in [0.1, 0.15) is 11.6 Å². The summed E-state index contributed by atoms with van der Waals surface area (Å²) in [6, 6.07) is 9.62. The summed E-state index contributed by atoms with van der Waals surface area (Å²) < 4.78 is 54.5. The number of aromatic nitrogens is 2. The van der Waals surface area contributed by atoms with Crippen LogP contribution in [0.5, 0.6) is 0 Å². The molecule has 0 spiro atoms. The number of fused-ring (bicyclic) bond motifs is 1. The molecule has 0 amide bonds. The van der Waals surface area contributed by atoms with Crippen LogP contribution in [0.2, 0.25) is 0 Å². The van der Waals surface area contributed by atoms with Gasteiger partial charge in [0.05, 0.1) is 22.3 Å². The Kier molecular flexibility index (Phi) is 4.10. The fourth-order valence-corrected chi connectivity index (χ4v) is 3.32. The first-order chi connectivity index (χ1) is 11.0. The first-order valence-electron chi connectivity index (χ1n) is 6.81. The van der Waals surface area contributed by atoms with Crippen LogP contribution in [0.4, 0.5) is 8.78 Å². The zero-order chi connectivity index (χ0) is 16.4. The maximum atomic E-state index is 13.1. The molecule has 0 saturated carbocycles. The third-order valence-corrected chi connectivity index (χ3v) is 4.76. The van der Waals surface area contributed by atoms with Gasteiger partial charge in [0, 0.05) is 19.2 Å². The van der Waals surface area contributed by atoms with E-state index in [1.165, 1.54) is 0 Å². The Morgan fingerprint density at radius 2 is 1.78 bits per heavy atom. The highest BCUT2D eigenvalue weighted by atomic mass is 32.2. The minimum atomic E-state index is -3.98. The van der Waals surface area contributed by atoms with Crippen molar-refractivity contribution in [2.75, 3.05) is 6.54 Å². The molecule has 8 heteroatoms. The average molecular weight is 337 g/mol. The summed E-state index contributed by atoms with van der Waals surface area (Å²) >= 11 is 0. The Morgan fingerprint density at radius 3 is 2.52 bits per heavy atom. The number of hydrogen-bond donors (Lipinski definition) is 1. The van der Waals surface area contributed by atoms with Crippen LogP contribution < -0.4 is 4.72 Å². The van der Waals surface area contributed by atoms with Crippen molar-refractivity contribution >= 4 is 21.1 Å². The number of halogens is 2. The van der Waals surface area contributed by atoms with E-state index in [9.17, 15) is 17.2 Å². The van der Waals surface area contributed by atoms with Crippen LogP contribution in [0.3, 0.4) is 0 Å². The number of nitrogens with one attached hydrogen (secondary N) is 1. The van der Waals surface area contributed by atoms with Gasteiger partial charge in [-0.2, -0.15) is 0 Å². The van der Waals surface area contributed by atoms with Gasteiger partial charge in [-0.15, -0.1) is 0 Å². The van der Waals surface area contributed by atoms with E-state index >= 15 is 0 Å². The summed E-state index contributed by atoms with van der Waals surface area (Å²) in [5.41, 5.74) is 1.69. The molecular weight excluding hydrogens is 324 g/mol. The van der Waals surface area contributed by atoms with Gasteiger partial charge in [-0.05, 0) is 24.3 Å². The average Bonchev–Trinajstić information content (AvgIpc) is 2.90. The first kappa shape index (κ1) is 15.6. The molecule has 120 valence electrons. The van der Waals surface area contributed by atoms with E-state index in [1.54, 1.807) is 10.9 Å². The maximum absolute atomic E-state index is 13.1. The lowest BCUT2D eigenvalue weighted by Crippen LogP contribution is -2.27. The number of benzene rings is 2. The van der Waals surface area contributed by atoms with Crippen LogP contribution >= 0.6 is 0 Å². The van der Waals surface area contributed by atoms with E-state index in [2.05, 4.69) is 9.71 Å². The fourth-order valence-electron chi connectivity index (χ4n) is 2.26. The molecule has 2 aromatic carbocycles. The topological polar surface area (TPSA) is 64.0 Å². The predicted octanol–water partition coefficient (Wildman–Crippen LogP) is 2.29. The second-order valence-corrected chi connectivity index (χ2v) is 6.70. The molecule has 5 nitrogen and oxygen atoms in total. The number of para-hydroxylation sites is 2. The number of rotatable bonds is 5. The van der Waals surface area contributed by atoms with Gasteiger partial charge < -0.3 is 4.57 Å². The minimum Gasteiger partial charge on any atom is -0.329 e. The Labute approximate surface area is 131 Å². The summed E-state index contributed by atoms with van der Waals surface area (Å²) in [5.74, 6) is -1.88. The summed E-state index contributed by atoms with van der Waals surface area (Å²) in [6.45, 7) is 0.415. The third-order valence-electron chi connectivity index (χ3n) is 3.32. The van der Waals surface area contributed by atoms with Gasteiger partial charge in [-0.1, -0.05) is 12.1 Å². The lowest BCUT2D eigenvalue weighted by atomic mass is 10.3. The summed E-state index contributed by atoms with van der Waals surface area (Å²) in [4.78, 5) is 3.76. The highest BCUT2D eigenvalue weighted by molar-refractivity contribution is 7.89. The number of imidazole rings is 1. The van der Waals surface area contributed by atoms with E-state index in [0.717, 1.165) is 23.2 Å². The SMILES string of the molecule is O=S(=O)(NCCn1cnc2ccccc21)c1cc(F)cc(F)c1. The molecule has 3 rings (SSSR count). The summed E-state index contributed by atoms with van der Waals surface area (Å²) in [7, 11) is -3.98. The molecule has 0 saturated heterocycles. The van der Waals surface area contributed by atoms with E-state index in [-0.39, 0.29) is 6.54 Å². The molecule has 0 aliphatic carbocycles. The van der Waals surface area contributed by atoms with Crippen molar-refractivity contribution in [2.45, 2.75) is 11.4 Å². The minimum absolute atomic E-state index is 0.0703. The van der Waals surface area contributed by atoms with E-state index in [0.29, 0.717) is 12.6 Å². The monoisotopic (exact) mass is 337 g/mol. The third kappa shape index (κ3) is 3.38. The largest absolute Gasteiger partial charge is 0.329 e. The Morgan fingerprint density at radius 1 is 1.09 bits per heavy atom. The van der Waals surface area contributed by atoms with Gasteiger partial charge in [0.25, 0.3) is 0 Å². The van der Waals surface area contributed by atoms with E-state index in [1.807, 2.05) is 24.3 Å². The second kappa shape index (κ2) is 6.05. The molecule has 3 aromatic rings. The standard InChI is InChI=1S/C15H13F2N3O2S/c16-11-7-12(17)9-13(8-11)23(21,22)19-5-6-20-10-18-14-3-1-2-4-15(14)20/h1-4,7-10,19H,5-6H2. The van der Waals surface area contributed by atoms with Crippen molar-refractivity contribution in [1.82, 2.24) is 14.3 Å². The summed E-state index contributed by atoms with van der Waals surface area (Å²) in [5, 5.41) is 0. The van der Waals surface area contributed by atoms with E-state index < -0.39 is 26.6 Å². The molecule has 0 atom stereocenters. The maximum Gasteiger partial charge on any atom is 0.240 e. The van der Waals surface area contributed by atoms with E-state index in [4.69, 9.17) is 0 Å². The molecule has 0 aliphatic rings. The van der Waals surface area contributed by atoms with Crippen LogP contribution in [0.25, 0.3) is 11.0 Å². The van der Waals surface area contributed by atoms with Crippen LogP contribution in [0.15, 0.2) is 53.7 Å². The van der Waals surface area contributed by atoms with Gasteiger partial charge >= 0.3 is 0 Å². The molecule has 0 radical (unpaired) electrons. The smallest absolute Gasteiger partial charge is 0.240 e. The zero-order valence-electron chi connectivity index (χ0n) is 11.9. The molecule has 0 fully saturated rings. The molecule has 0 bridgehead atoms. The van der Waals surface area contributed by atoms with Crippen molar-refractivity contribution in [1.29, 1.82) is 0 Å². The van der Waals surface area contributed by atoms with Crippen molar-refractivity contribution in [3.05, 3.63) is 60.4 Å². The lowest BCUT2D eigenvalue weighted by molar-refractivity contribution is 0.558. The number of nitrogens with zero attached hydrogens (tertiary/aromatic N) is 2. The highest BCUT2D eigenvalue weighted by Crippen LogP contribution is 2.14. The van der Waals surface area contributed by atoms with Gasteiger partial charge in [-0.3, -0.25) is 0 Å². The van der Waals surface area contributed by atoms with Crippen LogP contribution in [-0.4, -0.2) is 24.5 Å². The van der Waals surface area contributed by atoms with Crippen molar-refractivity contribution < 1.29 is 17.2 Å². The molecule has 0 unspecified atom stereocenters. The second-order valence-electron chi connectivity index (χ2n) is 4.93. The quantitative estimate of drug-likeness (QED) is 0.777. The predicted molar refractivity (Wildman–Crippen MR) is 81.3 cm³/mol. The van der Waals surface area contributed by atoms with Crippen LogP contribution in [-0.2, 0) is 16.6 Å². The Balaban J connectivity index is 1.72. The van der Waals surface area contributed by atoms with Gasteiger partial charge in [0.15, 0.2) is 0 Å². The van der Waals surface area contributed by atoms with Crippen molar-refractivity contribution in [2.24, 2.45) is 0 Å². The van der Waals surface area contributed by atoms with Gasteiger partial charge in [-0.25, -0.2) is 26.9 Å². The Bertz CT molecular complexity index is 934. The number of sulfonamides is 1. The van der Waals surface area contributed by atoms with Gasteiger partial charge in [0.2, 0.25) is 10.0 Å². The van der Waals surface area contributed by atoms with Crippen LogP contribution in [0, 0.1) is 11.6 Å².